The lowest BCUT2D eigenvalue weighted by Gasteiger charge is -2.25. The molecule has 0 aliphatic heterocycles. The molecule has 10 aromatic carbocycles. The van der Waals surface area contributed by atoms with Gasteiger partial charge >= 0.3 is 0 Å². The van der Waals surface area contributed by atoms with Crippen molar-refractivity contribution in [3.05, 3.63) is 234 Å². The third kappa shape index (κ3) is 7.66. The van der Waals surface area contributed by atoms with E-state index in [9.17, 15) is 0 Å². The van der Waals surface area contributed by atoms with Gasteiger partial charge in [-0.25, -0.2) is 0 Å². The molecule has 0 atom stereocenters. The summed E-state index contributed by atoms with van der Waals surface area (Å²) in [5, 5.41) is 7.31. The van der Waals surface area contributed by atoms with E-state index >= 15 is 0 Å². The van der Waals surface area contributed by atoms with Crippen LogP contribution in [0.1, 0.15) is 41.7 Å². The largest absolute Gasteiger partial charge is 0.372 e. The van der Waals surface area contributed by atoms with Crippen molar-refractivity contribution in [2.75, 3.05) is 27.8 Å². The van der Waals surface area contributed by atoms with Gasteiger partial charge in [0.25, 0.3) is 0 Å². The average molecular weight is 822 g/mol. The molecule has 0 spiro atoms. The number of hydrogen-bond donors (Lipinski definition) is 0. The second kappa shape index (κ2) is 17.6. The van der Waals surface area contributed by atoms with Crippen LogP contribution in [0.15, 0.2) is 206 Å². The van der Waals surface area contributed by atoms with E-state index in [4.69, 9.17) is 0 Å². The van der Waals surface area contributed by atoms with Crippen molar-refractivity contribution in [1.82, 2.24) is 0 Å². The summed E-state index contributed by atoms with van der Waals surface area (Å²) < 4.78 is 0. The Morgan fingerprint density at radius 2 is 0.688 bits per heavy atom. The van der Waals surface area contributed by atoms with Crippen LogP contribution in [0.5, 0.6) is 0 Å². The van der Waals surface area contributed by atoms with Crippen LogP contribution in [-0.4, -0.2) is 13.1 Å². The van der Waals surface area contributed by atoms with Crippen LogP contribution in [0.4, 0.5) is 39.8 Å². The monoisotopic (exact) mass is 821 g/mol. The third-order valence-corrected chi connectivity index (χ3v) is 12.2. The van der Waals surface area contributed by atoms with Gasteiger partial charge in [0, 0.05) is 85.9 Å². The molecule has 0 saturated carbocycles. The maximum absolute atomic E-state index is 3.66. The van der Waals surface area contributed by atoms with Crippen molar-refractivity contribution in [1.29, 1.82) is 0 Å². The lowest BCUT2D eigenvalue weighted by molar-refractivity contribution is 0.870. The molecule has 3 nitrogen and oxygen atoms in total. The molecule has 306 valence electrons. The molecular weight excluding hydrogens is 775 g/mol. The van der Waals surface area contributed by atoms with Crippen LogP contribution in [0.2, 0.25) is 0 Å². The quantitative estimate of drug-likeness (QED) is 0.106. The van der Waals surface area contributed by atoms with Gasteiger partial charge in [-0.15, -0.1) is 0 Å². The number of hydrogen-bond acceptors (Lipinski definition) is 3. The zero-order valence-electron chi connectivity index (χ0n) is 36.4. The van der Waals surface area contributed by atoms with Crippen LogP contribution >= 0.6 is 0 Å². The standard InChI is InChI=1S/C61H47N3/c1-4-62(5-2)59-43-48(33-27-46-30-36-54(37-31-46)64(51-22-14-8-15-23-51)52-24-16-9-17-25-52)57-39-38-55-44(3)42-47(56-40-41-58(59)61(57)60(55)56)32-26-45-28-34-53(35-29-45)63(49-18-10-6-11-19-49)50-20-12-7-13-21-50/h6-25,28-31,34-43H,4-5H2,1-3H3. The number of benzene rings is 10. The lowest BCUT2D eigenvalue weighted by atomic mass is 9.87. The molecule has 0 N–H and O–H groups in total. The summed E-state index contributed by atoms with van der Waals surface area (Å²) in [5.74, 6) is 14.4. The van der Waals surface area contributed by atoms with Gasteiger partial charge in [0.05, 0.1) is 0 Å². The van der Waals surface area contributed by atoms with Crippen molar-refractivity contribution in [3.63, 3.8) is 0 Å². The van der Waals surface area contributed by atoms with E-state index in [2.05, 4.69) is 265 Å². The highest BCUT2D eigenvalue weighted by atomic mass is 15.1. The molecule has 0 unspecified atom stereocenters. The Morgan fingerprint density at radius 3 is 1.09 bits per heavy atom. The van der Waals surface area contributed by atoms with E-state index in [1.54, 1.807) is 0 Å². The number of nitrogens with zero attached hydrogens (tertiary/aromatic N) is 3. The predicted octanol–water partition coefficient (Wildman–Crippen LogP) is 15.5. The van der Waals surface area contributed by atoms with Crippen molar-refractivity contribution in [2.24, 2.45) is 0 Å². The summed E-state index contributed by atoms with van der Waals surface area (Å²) in [5.41, 5.74) is 13.0. The molecule has 3 heteroatoms. The minimum atomic E-state index is 0.900. The van der Waals surface area contributed by atoms with E-state index in [-0.39, 0.29) is 0 Å². The Bertz CT molecular complexity index is 3260. The zero-order valence-corrected chi connectivity index (χ0v) is 36.4. The number of para-hydroxylation sites is 4. The minimum absolute atomic E-state index is 0.900. The summed E-state index contributed by atoms with van der Waals surface area (Å²) in [6, 6.07) is 72.8. The number of aryl methyl sites for hydroxylation is 1. The SMILES string of the molecule is CCN(CC)c1cc(C#Cc2ccc(N(c3ccccc3)c3ccccc3)cc2)c2ccc3c(C)cc(C#Cc4ccc(N(c5ccccc5)c5ccccc5)cc4)c4ccc1c2c34. The summed E-state index contributed by atoms with van der Waals surface area (Å²) in [4.78, 5) is 6.99. The number of anilines is 7. The predicted molar refractivity (Wildman–Crippen MR) is 273 cm³/mol. The molecule has 10 aromatic rings. The second-order valence-corrected chi connectivity index (χ2v) is 16.0. The molecule has 0 amide bonds. The topological polar surface area (TPSA) is 9.72 Å². The van der Waals surface area contributed by atoms with Crippen LogP contribution in [-0.2, 0) is 0 Å². The molecule has 64 heavy (non-hydrogen) atoms. The Labute approximate surface area is 376 Å². The molecule has 0 heterocycles. The molecule has 0 radical (unpaired) electrons. The normalized spacial score (nSPS) is 10.9. The zero-order chi connectivity index (χ0) is 43.4. The van der Waals surface area contributed by atoms with Crippen molar-refractivity contribution >= 4 is 72.1 Å². The van der Waals surface area contributed by atoms with Gasteiger partial charge in [0.15, 0.2) is 0 Å². The Balaban J connectivity index is 1.04. The van der Waals surface area contributed by atoms with E-state index in [1.807, 2.05) is 0 Å². The van der Waals surface area contributed by atoms with Crippen LogP contribution in [0.3, 0.4) is 0 Å². The fourth-order valence-corrected chi connectivity index (χ4v) is 9.05. The summed E-state index contributed by atoms with van der Waals surface area (Å²) >= 11 is 0. The van der Waals surface area contributed by atoms with Gasteiger partial charge in [-0.2, -0.15) is 0 Å². The lowest BCUT2D eigenvalue weighted by Crippen LogP contribution is -2.22. The third-order valence-electron chi connectivity index (χ3n) is 12.2. The molecule has 0 aromatic heterocycles. The first-order valence-corrected chi connectivity index (χ1v) is 22.1. The van der Waals surface area contributed by atoms with Gasteiger partial charge in [0.2, 0.25) is 0 Å². The maximum Gasteiger partial charge on any atom is 0.0462 e. The molecular formula is C61H47N3. The van der Waals surface area contributed by atoms with Crippen molar-refractivity contribution in [2.45, 2.75) is 20.8 Å². The first kappa shape index (κ1) is 39.9. The smallest absolute Gasteiger partial charge is 0.0462 e. The van der Waals surface area contributed by atoms with Crippen LogP contribution in [0, 0.1) is 30.6 Å². The van der Waals surface area contributed by atoms with Gasteiger partial charge in [-0.05, 0) is 157 Å². The van der Waals surface area contributed by atoms with E-state index in [0.717, 1.165) is 80.2 Å². The summed E-state index contributed by atoms with van der Waals surface area (Å²) in [6.07, 6.45) is 0. The fourth-order valence-electron chi connectivity index (χ4n) is 9.05. The second-order valence-electron chi connectivity index (χ2n) is 16.0. The summed E-state index contributed by atoms with van der Waals surface area (Å²) in [6.45, 7) is 8.47. The first-order chi connectivity index (χ1) is 31.6. The van der Waals surface area contributed by atoms with Gasteiger partial charge < -0.3 is 14.7 Å². The van der Waals surface area contributed by atoms with E-state index in [1.165, 1.54) is 32.8 Å². The van der Waals surface area contributed by atoms with Gasteiger partial charge in [0.1, 0.15) is 0 Å². The highest BCUT2D eigenvalue weighted by Crippen LogP contribution is 2.43. The highest BCUT2D eigenvalue weighted by Gasteiger charge is 2.19. The molecule has 0 fully saturated rings. The maximum atomic E-state index is 3.66. The molecule has 0 aliphatic carbocycles. The summed E-state index contributed by atoms with van der Waals surface area (Å²) in [7, 11) is 0. The van der Waals surface area contributed by atoms with Crippen LogP contribution < -0.4 is 14.7 Å². The van der Waals surface area contributed by atoms with Crippen LogP contribution in [0.25, 0.3) is 32.3 Å². The molecule has 0 aliphatic rings. The Hall–Kier alpha value is -8.24. The van der Waals surface area contributed by atoms with Gasteiger partial charge in [-0.3, -0.25) is 0 Å². The molecule has 0 bridgehead atoms. The minimum Gasteiger partial charge on any atom is -0.372 e. The van der Waals surface area contributed by atoms with Crippen molar-refractivity contribution in [3.8, 4) is 23.7 Å². The van der Waals surface area contributed by atoms with Gasteiger partial charge in [-0.1, -0.05) is 121 Å². The average Bonchev–Trinajstić information content (AvgIpc) is 3.35. The Kier molecular flexibility index (Phi) is 11.0. The fraction of sp³-hybridized carbons (Fsp3) is 0.0820. The van der Waals surface area contributed by atoms with Crippen molar-refractivity contribution < 1.29 is 0 Å². The molecule has 10 rings (SSSR count). The highest BCUT2D eigenvalue weighted by molar-refractivity contribution is 6.27. The molecule has 0 saturated heterocycles. The first-order valence-electron chi connectivity index (χ1n) is 22.1. The Morgan fingerprint density at radius 1 is 0.344 bits per heavy atom. The van der Waals surface area contributed by atoms with E-state index < -0.39 is 0 Å². The van der Waals surface area contributed by atoms with E-state index in [0.29, 0.717) is 0 Å². The number of rotatable bonds is 9.